The van der Waals surface area contributed by atoms with Crippen LogP contribution in [-0.2, 0) is 4.74 Å². The molecular weight excluding hydrogens is 328 g/mol. The van der Waals surface area contributed by atoms with Crippen LogP contribution >= 0.6 is 0 Å². The Bertz CT molecular complexity index is 880. The van der Waals surface area contributed by atoms with Gasteiger partial charge in [-0.25, -0.2) is 9.67 Å². The standard InChI is InChI=1S/C20H20N4O2/c1-15-12-26-19(16-6-3-2-4-7-16)11-23(15)20(25)17-8-5-9-18(10-17)24-14-21-13-22-24/h2-10,13-15,19H,11-12H2,1H3/t15-,19+/m0/s1. The summed E-state index contributed by atoms with van der Waals surface area (Å²) in [6.45, 7) is 3.08. The van der Waals surface area contributed by atoms with E-state index in [9.17, 15) is 4.79 Å². The number of carbonyl (C=O) groups is 1. The molecule has 2 atom stereocenters. The highest BCUT2D eigenvalue weighted by Crippen LogP contribution is 2.26. The summed E-state index contributed by atoms with van der Waals surface area (Å²) in [6.07, 6.45) is 2.99. The van der Waals surface area contributed by atoms with Crippen molar-refractivity contribution in [2.45, 2.75) is 19.1 Å². The molecule has 1 aromatic heterocycles. The molecule has 1 aliphatic heterocycles. The molecule has 6 heteroatoms. The van der Waals surface area contributed by atoms with Gasteiger partial charge in [0.05, 0.1) is 24.9 Å². The van der Waals surface area contributed by atoms with Crippen molar-refractivity contribution in [2.24, 2.45) is 0 Å². The number of hydrogen-bond acceptors (Lipinski definition) is 4. The second kappa shape index (κ2) is 7.09. The highest BCUT2D eigenvalue weighted by atomic mass is 16.5. The van der Waals surface area contributed by atoms with E-state index in [-0.39, 0.29) is 18.1 Å². The Morgan fingerprint density at radius 2 is 2.00 bits per heavy atom. The molecule has 1 amide bonds. The highest BCUT2D eigenvalue weighted by molar-refractivity contribution is 5.95. The second-order valence-corrected chi connectivity index (χ2v) is 6.43. The highest BCUT2D eigenvalue weighted by Gasteiger charge is 2.31. The summed E-state index contributed by atoms with van der Waals surface area (Å²) in [5.74, 6) is 0.00342. The minimum atomic E-state index is -0.102. The quantitative estimate of drug-likeness (QED) is 0.730. The van der Waals surface area contributed by atoms with Crippen LogP contribution in [0.4, 0.5) is 0 Å². The lowest BCUT2D eigenvalue weighted by molar-refractivity contribution is -0.0486. The number of benzene rings is 2. The van der Waals surface area contributed by atoms with Crippen LogP contribution in [0.25, 0.3) is 5.69 Å². The van der Waals surface area contributed by atoms with Gasteiger partial charge in [0.15, 0.2) is 0 Å². The van der Waals surface area contributed by atoms with Gasteiger partial charge in [-0.15, -0.1) is 0 Å². The molecule has 6 nitrogen and oxygen atoms in total. The van der Waals surface area contributed by atoms with E-state index < -0.39 is 0 Å². The van der Waals surface area contributed by atoms with E-state index >= 15 is 0 Å². The first-order chi connectivity index (χ1) is 12.7. The van der Waals surface area contributed by atoms with E-state index in [4.69, 9.17) is 4.74 Å². The third-order valence-electron chi connectivity index (χ3n) is 4.64. The topological polar surface area (TPSA) is 60.2 Å². The van der Waals surface area contributed by atoms with E-state index in [1.165, 1.54) is 6.33 Å². The zero-order valence-corrected chi connectivity index (χ0v) is 14.5. The molecule has 26 heavy (non-hydrogen) atoms. The van der Waals surface area contributed by atoms with Crippen molar-refractivity contribution in [3.05, 3.63) is 78.4 Å². The minimum Gasteiger partial charge on any atom is -0.370 e. The van der Waals surface area contributed by atoms with E-state index in [2.05, 4.69) is 10.1 Å². The fraction of sp³-hybridized carbons (Fsp3) is 0.250. The maximum atomic E-state index is 13.1. The van der Waals surface area contributed by atoms with E-state index in [1.807, 2.05) is 66.4 Å². The Labute approximate surface area is 152 Å². The van der Waals surface area contributed by atoms with Crippen molar-refractivity contribution in [3.8, 4) is 5.69 Å². The van der Waals surface area contributed by atoms with E-state index in [0.29, 0.717) is 18.7 Å². The zero-order chi connectivity index (χ0) is 17.9. The molecule has 0 unspecified atom stereocenters. The van der Waals surface area contributed by atoms with Crippen LogP contribution in [-0.4, -0.2) is 44.8 Å². The Morgan fingerprint density at radius 3 is 2.77 bits per heavy atom. The average Bonchev–Trinajstić information content (AvgIpc) is 3.23. The number of hydrogen-bond donors (Lipinski definition) is 0. The molecule has 2 heterocycles. The SMILES string of the molecule is C[C@H]1CO[C@@H](c2ccccc2)CN1C(=O)c1cccc(-n2cncn2)c1. The van der Waals surface area contributed by atoms with Crippen LogP contribution < -0.4 is 0 Å². The summed E-state index contributed by atoms with van der Waals surface area (Å²) in [5.41, 5.74) is 2.54. The van der Waals surface area contributed by atoms with Crippen LogP contribution in [0.3, 0.4) is 0 Å². The summed E-state index contributed by atoms with van der Waals surface area (Å²) in [5, 5.41) is 4.13. The Kier molecular flexibility index (Phi) is 4.50. The fourth-order valence-corrected chi connectivity index (χ4v) is 3.20. The number of ether oxygens (including phenoxy) is 1. The lowest BCUT2D eigenvalue weighted by atomic mass is 10.0. The van der Waals surface area contributed by atoms with Gasteiger partial charge >= 0.3 is 0 Å². The van der Waals surface area contributed by atoms with Crippen molar-refractivity contribution >= 4 is 5.91 Å². The molecule has 3 aromatic rings. The second-order valence-electron chi connectivity index (χ2n) is 6.43. The maximum absolute atomic E-state index is 13.1. The summed E-state index contributed by atoms with van der Waals surface area (Å²) < 4.78 is 7.60. The number of carbonyl (C=O) groups excluding carboxylic acids is 1. The number of nitrogens with zero attached hydrogens (tertiary/aromatic N) is 4. The Balaban J connectivity index is 1.57. The van der Waals surface area contributed by atoms with Gasteiger partial charge in [0.1, 0.15) is 18.8 Å². The molecule has 0 radical (unpaired) electrons. The summed E-state index contributed by atoms with van der Waals surface area (Å²) in [7, 11) is 0. The lowest BCUT2D eigenvalue weighted by Crippen LogP contribution is -2.48. The van der Waals surface area contributed by atoms with Crippen LogP contribution in [0.1, 0.15) is 28.9 Å². The van der Waals surface area contributed by atoms with Gasteiger partial charge in [-0.05, 0) is 30.7 Å². The molecule has 132 valence electrons. The monoisotopic (exact) mass is 348 g/mol. The molecule has 1 saturated heterocycles. The molecule has 0 saturated carbocycles. The predicted octanol–water partition coefficient (Wildman–Crippen LogP) is 2.87. The Hall–Kier alpha value is -2.99. The summed E-state index contributed by atoms with van der Waals surface area (Å²) in [4.78, 5) is 19.0. The summed E-state index contributed by atoms with van der Waals surface area (Å²) in [6, 6.07) is 17.5. The number of morpholine rings is 1. The molecule has 0 bridgehead atoms. The molecule has 2 aromatic carbocycles. The molecule has 0 N–H and O–H groups in total. The predicted molar refractivity (Wildman–Crippen MR) is 97.0 cm³/mol. The first-order valence-electron chi connectivity index (χ1n) is 8.65. The molecule has 0 spiro atoms. The van der Waals surface area contributed by atoms with Gasteiger partial charge in [-0.1, -0.05) is 36.4 Å². The smallest absolute Gasteiger partial charge is 0.254 e. The van der Waals surface area contributed by atoms with Crippen molar-refractivity contribution in [1.82, 2.24) is 19.7 Å². The fourth-order valence-electron chi connectivity index (χ4n) is 3.20. The lowest BCUT2D eigenvalue weighted by Gasteiger charge is -2.38. The third-order valence-corrected chi connectivity index (χ3v) is 4.64. The molecule has 1 fully saturated rings. The van der Waals surface area contributed by atoms with Gasteiger partial charge < -0.3 is 9.64 Å². The van der Waals surface area contributed by atoms with Gasteiger partial charge in [-0.2, -0.15) is 5.10 Å². The number of aromatic nitrogens is 3. The van der Waals surface area contributed by atoms with Gasteiger partial charge in [0.25, 0.3) is 5.91 Å². The van der Waals surface area contributed by atoms with Crippen LogP contribution in [0.15, 0.2) is 67.3 Å². The molecular formula is C20H20N4O2. The molecule has 4 rings (SSSR count). The van der Waals surface area contributed by atoms with Crippen molar-refractivity contribution in [2.75, 3.05) is 13.2 Å². The van der Waals surface area contributed by atoms with E-state index in [0.717, 1.165) is 11.3 Å². The number of rotatable bonds is 3. The van der Waals surface area contributed by atoms with E-state index in [1.54, 1.807) is 11.0 Å². The van der Waals surface area contributed by atoms with Crippen molar-refractivity contribution < 1.29 is 9.53 Å². The van der Waals surface area contributed by atoms with Crippen LogP contribution in [0, 0.1) is 0 Å². The normalized spacial score (nSPS) is 20.1. The van der Waals surface area contributed by atoms with Crippen LogP contribution in [0.5, 0.6) is 0 Å². The Morgan fingerprint density at radius 1 is 1.15 bits per heavy atom. The first kappa shape index (κ1) is 16.5. The van der Waals surface area contributed by atoms with Crippen LogP contribution in [0.2, 0.25) is 0 Å². The average molecular weight is 348 g/mol. The minimum absolute atomic E-state index is 0.00342. The van der Waals surface area contributed by atoms with Crippen molar-refractivity contribution in [1.29, 1.82) is 0 Å². The molecule has 1 aliphatic rings. The van der Waals surface area contributed by atoms with Gasteiger partial charge in [0, 0.05) is 5.56 Å². The van der Waals surface area contributed by atoms with Crippen molar-refractivity contribution in [3.63, 3.8) is 0 Å². The third kappa shape index (κ3) is 3.23. The maximum Gasteiger partial charge on any atom is 0.254 e. The van der Waals surface area contributed by atoms with Gasteiger partial charge in [-0.3, -0.25) is 4.79 Å². The number of amides is 1. The summed E-state index contributed by atoms with van der Waals surface area (Å²) >= 11 is 0. The van der Waals surface area contributed by atoms with Gasteiger partial charge in [0.2, 0.25) is 0 Å². The first-order valence-corrected chi connectivity index (χ1v) is 8.65. The zero-order valence-electron chi connectivity index (χ0n) is 14.5. The largest absolute Gasteiger partial charge is 0.370 e. The molecule has 0 aliphatic carbocycles.